The standard InChI is InChI=1S/C12H17FN2O2/c1-2-17-6-5-15-8-10-7-9(12(14)16)3-4-11(10)13/h3-4,7,15H,2,5-6,8H2,1H3,(H2,14,16). The Bertz CT molecular complexity index is 383. The zero-order valence-electron chi connectivity index (χ0n) is 9.83. The van der Waals surface area contributed by atoms with Gasteiger partial charge in [-0.05, 0) is 25.1 Å². The fraction of sp³-hybridized carbons (Fsp3) is 0.417. The fourth-order valence-electron chi connectivity index (χ4n) is 1.38. The van der Waals surface area contributed by atoms with Crippen molar-refractivity contribution in [3.05, 3.63) is 35.1 Å². The van der Waals surface area contributed by atoms with Crippen LogP contribution >= 0.6 is 0 Å². The summed E-state index contributed by atoms with van der Waals surface area (Å²) in [5.74, 6) is -0.903. The van der Waals surface area contributed by atoms with E-state index in [4.69, 9.17) is 10.5 Å². The molecule has 17 heavy (non-hydrogen) atoms. The zero-order chi connectivity index (χ0) is 12.7. The van der Waals surface area contributed by atoms with Gasteiger partial charge >= 0.3 is 0 Å². The molecule has 0 atom stereocenters. The zero-order valence-corrected chi connectivity index (χ0v) is 9.83. The van der Waals surface area contributed by atoms with E-state index in [1.807, 2.05) is 6.92 Å². The SMILES string of the molecule is CCOCCNCc1cc(C(N)=O)ccc1F. The molecule has 0 bridgehead atoms. The van der Waals surface area contributed by atoms with Crippen molar-refractivity contribution in [1.29, 1.82) is 0 Å². The number of hydrogen-bond acceptors (Lipinski definition) is 3. The van der Waals surface area contributed by atoms with Crippen LogP contribution in [-0.2, 0) is 11.3 Å². The van der Waals surface area contributed by atoms with Gasteiger partial charge in [0.05, 0.1) is 6.61 Å². The predicted octanol–water partition coefficient (Wildman–Crippen LogP) is 1.05. The Kier molecular flexibility index (Phi) is 5.59. The summed E-state index contributed by atoms with van der Waals surface area (Å²) in [6.07, 6.45) is 0. The number of amides is 1. The molecule has 1 amide bonds. The second-order valence-electron chi connectivity index (χ2n) is 3.54. The molecule has 4 nitrogen and oxygen atoms in total. The van der Waals surface area contributed by atoms with E-state index in [0.29, 0.717) is 37.4 Å². The smallest absolute Gasteiger partial charge is 0.248 e. The van der Waals surface area contributed by atoms with E-state index in [1.165, 1.54) is 18.2 Å². The highest BCUT2D eigenvalue weighted by molar-refractivity contribution is 5.92. The van der Waals surface area contributed by atoms with Crippen LogP contribution in [0, 0.1) is 5.82 Å². The Morgan fingerprint density at radius 3 is 2.94 bits per heavy atom. The molecule has 0 radical (unpaired) electrons. The summed E-state index contributed by atoms with van der Waals surface area (Å²) in [7, 11) is 0. The topological polar surface area (TPSA) is 64.3 Å². The average molecular weight is 240 g/mol. The van der Waals surface area contributed by atoms with Crippen molar-refractivity contribution in [3.63, 3.8) is 0 Å². The van der Waals surface area contributed by atoms with Crippen LogP contribution in [0.1, 0.15) is 22.8 Å². The minimum atomic E-state index is -0.555. The molecule has 0 aliphatic heterocycles. The number of rotatable bonds is 7. The third-order valence-corrected chi connectivity index (χ3v) is 2.27. The van der Waals surface area contributed by atoms with Gasteiger partial charge in [-0.2, -0.15) is 0 Å². The van der Waals surface area contributed by atoms with E-state index < -0.39 is 5.91 Å². The van der Waals surface area contributed by atoms with Crippen molar-refractivity contribution < 1.29 is 13.9 Å². The molecule has 3 N–H and O–H groups in total. The van der Waals surface area contributed by atoms with Crippen LogP contribution in [0.4, 0.5) is 4.39 Å². The van der Waals surface area contributed by atoms with Crippen LogP contribution in [0.5, 0.6) is 0 Å². The summed E-state index contributed by atoms with van der Waals surface area (Å²) in [5, 5.41) is 3.03. The van der Waals surface area contributed by atoms with Gasteiger partial charge in [0, 0.05) is 30.8 Å². The highest BCUT2D eigenvalue weighted by atomic mass is 19.1. The maximum absolute atomic E-state index is 13.4. The molecule has 0 aliphatic rings. The van der Waals surface area contributed by atoms with Crippen LogP contribution < -0.4 is 11.1 Å². The Morgan fingerprint density at radius 1 is 1.53 bits per heavy atom. The molecule has 0 saturated heterocycles. The summed E-state index contributed by atoms with van der Waals surface area (Å²) in [4.78, 5) is 10.9. The minimum Gasteiger partial charge on any atom is -0.380 e. The van der Waals surface area contributed by atoms with Gasteiger partial charge in [0.15, 0.2) is 0 Å². The first kappa shape index (κ1) is 13.6. The molecule has 0 heterocycles. The Labute approximate surface area is 100.0 Å². The van der Waals surface area contributed by atoms with E-state index >= 15 is 0 Å². The first-order valence-corrected chi connectivity index (χ1v) is 5.51. The van der Waals surface area contributed by atoms with Gasteiger partial charge < -0.3 is 15.8 Å². The highest BCUT2D eigenvalue weighted by Gasteiger charge is 2.06. The number of primary amides is 1. The Morgan fingerprint density at radius 2 is 2.29 bits per heavy atom. The second-order valence-corrected chi connectivity index (χ2v) is 3.54. The lowest BCUT2D eigenvalue weighted by Gasteiger charge is -2.07. The lowest BCUT2D eigenvalue weighted by molar-refractivity contribution is 0.1000. The summed E-state index contributed by atoms with van der Waals surface area (Å²) >= 11 is 0. The van der Waals surface area contributed by atoms with Gasteiger partial charge in [-0.15, -0.1) is 0 Å². The van der Waals surface area contributed by atoms with Crippen molar-refractivity contribution in [2.45, 2.75) is 13.5 Å². The third-order valence-electron chi connectivity index (χ3n) is 2.27. The van der Waals surface area contributed by atoms with Crippen molar-refractivity contribution in [1.82, 2.24) is 5.32 Å². The summed E-state index contributed by atoms with van der Waals surface area (Å²) in [5.41, 5.74) is 5.87. The fourth-order valence-corrected chi connectivity index (χ4v) is 1.38. The van der Waals surface area contributed by atoms with E-state index in [1.54, 1.807) is 0 Å². The van der Waals surface area contributed by atoms with Gasteiger partial charge in [0.2, 0.25) is 5.91 Å². The number of carbonyl (C=O) groups is 1. The number of halogens is 1. The number of ether oxygens (including phenoxy) is 1. The Hall–Kier alpha value is -1.46. The normalized spacial score (nSPS) is 10.5. The molecule has 0 fully saturated rings. The minimum absolute atomic E-state index is 0.313. The number of nitrogens with two attached hydrogens (primary N) is 1. The number of hydrogen-bond donors (Lipinski definition) is 2. The molecule has 0 aliphatic carbocycles. The lowest BCUT2D eigenvalue weighted by Crippen LogP contribution is -2.20. The van der Waals surface area contributed by atoms with Crippen LogP contribution in [0.3, 0.4) is 0 Å². The summed E-state index contributed by atoms with van der Waals surface area (Å²) in [6, 6.07) is 4.09. The Balaban J connectivity index is 2.51. The molecule has 1 aromatic carbocycles. The maximum atomic E-state index is 13.4. The van der Waals surface area contributed by atoms with Crippen LogP contribution in [0.25, 0.3) is 0 Å². The number of benzene rings is 1. The molecular formula is C12H17FN2O2. The number of carbonyl (C=O) groups excluding carboxylic acids is 1. The van der Waals surface area contributed by atoms with Crippen LogP contribution in [-0.4, -0.2) is 25.7 Å². The van der Waals surface area contributed by atoms with Crippen LogP contribution in [0.2, 0.25) is 0 Å². The lowest BCUT2D eigenvalue weighted by atomic mass is 10.1. The molecule has 0 saturated carbocycles. The van der Waals surface area contributed by atoms with Gasteiger partial charge in [-0.25, -0.2) is 4.39 Å². The van der Waals surface area contributed by atoms with E-state index in [9.17, 15) is 9.18 Å². The van der Waals surface area contributed by atoms with Crippen LogP contribution in [0.15, 0.2) is 18.2 Å². The molecule has 1 rings (SSSR count). The van der Waals surface area contributed by atoms with Gasteiger partial charge in [-0.3, -0.25) is 4.79 Å². The molecular weight excluding hydrogens is 223 g/mol. The molecule has 0 spiro atoms. The largest absolute Gasteiger partial charge is 0.380 e. The van der Waals surface area contributed by atoms with E-state index in [-0.39, 0.29) is 5.82 Å². The highest BCUT2D eigenvalue weighted by Crippen LogP contribution is 2.10. The van der Waals surface area contributed by atoms with Gasteiger partial charge in [0.25, 0.3) is 0 Å². The van der Waals surface area contributed by atoms with Gasteiger partial charge in [0.1, 0.15) is 5.82 Å². The maximum Gasteiger partial charge on any atom is 0.248 e. The van der Waals surface area contributed by atoms with Crippen molar-refractivity contribution in [2.24, 2.45) is 5.73 Å². The molecule has 1 aromatic rings. The quantitative estimate of drug-likeness (QED) is 0.700. The first-order valence-electron chi connectivity index (χ1n) is 5.51. The summed E-state index contributed by atoms with van der Waals surface area (Å²) < 4.78 is 18.5. The summed E-state index contributed by atoms with van der Waals surface area (Å²) in [6.45, 7) is 4.13. The molecule has 94 valence electrons. The van der Waals surface area contributed by atoms with Crippen molar-refractivity contribution >= 4 is 5.91 Å². The third kappa shape index (κ3) is 4.50. The molecule has 0 unspecified atom stereocenters. The second kappa shape index (κ2) is 6.98. The average Bonchev–Trinajstić information content (AvgIpc) is 2.30. The van der Waals surface area contributed by atoms with Crippen molar-refractivity contribution in [3.8, 4) is 0 Å². The monoisotopic (exact) mass is 240 g/mol. The first-order chi connectivity index (χ1) is 8.15. The molecule has 0 aromatic heterocycles. The van der Waals surface area contributed by atoms with E-state index in [2.05, 4.69) is 5.32 Å². The number of nitrogens with one attached hydrogen (secondary N) is 1. The van der Waals surface area contributed by atoms with E-state index in [0.717, 1.165) is 0 Å². The predicted molar refractivity (Wildman–Crippen MR) is 63.1 cm³/mol. The molecule has 5 heteroatoms. The van der Waals surface area contributed by atoms with Crippen molar-refractivity contribution in [2.75, 3.05) is 19.8 Å². The van der Waals surface area contributed by atoms with Gasteiger partial charge in [-0.1, -0.05) is 0 Å².